The van der Waals surface area contributed by atoms with Crippen LogP contribution in [0.4, 0.5) is 4.79 Å². The molecule has 1 aromatic rings. The van der Waals surface area contributed by atoms with Gasteiger partial charge in [-0.15, -0.1) is 0 Å². The normalized spacial score (nSPS) is 16.1. The molecule has 0 aromatic heterocycles. The molecule has 19 heavy (non-hydrogen) atoms. The van der Waals surface area contributed by atoms with Crippen LogP contribution in [0.1, 0.15) is 11.1 Å². The van der Waals surface area contributed by atoms with E-state index in [1.54, 1.807) is 7.05 Å². The molecule has 0 atom stereocenters. The third kappa shape index (κ3) is 4.22. The van der Waals surface area contributed by atoms with Crippen LogP contribution in [0.3, 0.4) is 0 Å². The summed E-state index contributed by atoms with van der Waals surface area (Å²) in [5, 5.41) is 5.39. The molecule has 0 aliphatic carbocycles. The number of hydrogen-bond acceptors (Lipinski definition) is 3. The molecule has 1 aromatic carbocycles. The lowest BCUT2D eigenvalue weighted by atomic mass is 10.1. The number of urea groups is 1. The summed E-state index contributed by atoms with van der Waals surface area (Å²) in [6.45, 7) is 5.01. The standard InChI is InChI=1S/C14H21N3O2/c1-15-14(18)16-10-12-4-2-3-5-13(12)11-17-6-8-19-9-7-17/h2-5H,6-11H2,1H3,(H2,15,16,18). The number of amides is 2. The first-order chi connectivity index (χ1) is 9.29. The fraction of sp³-hybridized carbons (Fsp3) is 0.500. The van der Waals surface area contributed by atoms with E-state index in [2.05, 4.69) is 27.7 Å². The number of ether oxygens (including phenoxy) is 1. The molecule has 104 valence electrons. The Morgan fingerprint density at radius 3 is 2.63 bits per heavy atom. The number of nitrogens with one attached hydrogen (secondary N) is 2. The van der Waals surface area contributed by atoms with Gasteiger partial charge in [-0.2, -0.15) is 0 Å². The lowest BCUT2D eigenvalue weighted by Crippen LogP contribution is -2.36. The Morgan fingerprint density at radius 1 is 1.26 bits per heavy atom. The maximum Gasteiger partial charge on any atom is 0.314 e. The Kier molecular flexibility index (Phi) is 5.18. The monoisotopic (exact) mass is 263 g/mol. The molecule has 1 heterocycles. The van der Waals surface area contributed by atoms with Gasteiger partial charge in [0, 0.05) is 33.2 Å². The molecule has 1 saturated heterocycles. The van der Waals surface area contributed by atoms with E-state index in [4.69, 9.17) is 4.74 Å². The Bertz CT molecular complexity index is 417. The smallest absolute Gasteiger partial charge is 0.314 e. The molecular formula is C14H21N3O2. The minimum atomic E-state index is -0.152. The second-order valence-electron chi connectivity index (χ2n) is 4.59. The molecule has 5 nitrogen and oxygen atoms in total. The van der Waals surface area contributed by atoms with E-state index in [0.29, 0.717) is 6.54 Å². The van der Waals surface area contributed by atoms with Gasteiger partial charge in [0.25, 0.3) is 0 Å². The fourth-order valence-corrected chi connectivity index (χ4v) is 2.15. The van der Waals surface area contributed by atoms with Crippen molar-refractivity contribution in [2.24, 2.45) is 0 Å². The van der Waals surface area contributed by atoms with Gasteiger partial charge in [0.05, 0.1) is 13.2 Å². The molecule has 2 N–H and O–H groups in total. The Labute approximate surface area is 113 Å². The van der Waals surface area contributed by atoms with Crippen molar-refractivity contribution in [3.63, 3.8) is 0 Å². The van der Waals surface area contributed by atoms with Crippen molar-refractivity contribution in [3.8, 4) is 0 Å². The number of carbonyl (C=O) groups excluding carboxylic acids is 1. The number of hydrogen-bond donors (Lipinski definition) is 2. The topological polar surface area (TPSA) is 53.6 Å². The molecule has 0 unspecified atom stereocenters. The molecule has 0 spiro atoms. The molecule has 0 radical (unpaired) electrons. The quantitative estimate of drug-likeness (QED) is 0.850. The summed E-state index contributed by atoms with van der Waals surface area (Å²) >= 11 is 0. The summed E-state index contributed by atoms with van der Waals surface area (Å²) in [7, 11) is 1.62. The molecule has 1 aliphatic heterocycles. The molecular weight excluding hydrogens is 242 g/mol. The first-order valence-electron chi connectivity index (χ1n) is 6.62. The second-order valence-corrected chi connectivity index (χ2v) is 4.59. The van der Waals surface area contributed by atoms with Crippen LogP contribution in [0.5, 0.6) is 0 Å². The van der Waals surface area contributed by atoms with Crippen molar-refractivity contribution in [2.75, 3.05) is 33.4 Å². The lowest BCUT2D eigenvalue weighted by molar-refractivity contribution is 0.0341. The van der Waals surface area contributed by atoms with Crippen LogP contribution in [-0.2, 0) is 17.8 Å². The van der Waals surface area contributed by atoms with Crippen LogP contribution in [0.15, 0.2) is 24.3 Å². The van der Waals surface area contributed by atoms with Crippen molar-refractivity contribution in [1.82, 2.24) is 15.5 Å². The van der Waals surface area contributed by atoms with Crippen LogP contribution in [0.25, 0.3) is 0 Å². The van der Waals surface area contributed by atoms with Crippen molar-refractivity contribution in [2.45, 2.75) is 13.1 Å². The summed E-state index contributed by atoms with van der Waals surface area (Å²) in [6.07, 6.45) is 0. The number of morpholine rings is 1. The summed E-state index contributed by atoms with van der Waals surface area (Å²) in [5.41, 5.74) is 2.43. The largest absolute Gasteiger partial charge is 0.379 e. The number of rotatable bonds is 4. The van der Waals surface area contributed by atoms with Gasteiger partial charge < -0.3 is 15.4 Å². The van der Waals surface area contributed by atoms with E-state index in [9.17, 15) is 4.79 Å². The van der Waals surface area contributed by atoms with Crippen LogP contribution in [0.2, 0.25) is 0 Å². The number of benzene rings is 1. The number of carbonyl (C=O) groups is 1. The fourth-order valence-electron chi connectivity index (χ4n) is 2.15. The second kappa shape index (κ2) is 7.11. The predicted molar refractivity (Wildman–Crippen MR) is 73.8 cm³/mol. The van der Waals surface area contributed by atoms with E-state index in [1.807, 2.05) is 12.1 Å². The highest BCUT2D eigenvalue weighted by molar-refractivity contribution is 5.73. The third-order valence-electron chi connectivity index (χ3n) is 3.28. The zero-order valence-electron chi connectivity index (χ0n) is 11.3. The summed E-state index contributed by atoms with van der Waals surface area (Å²) in [6, 6.07) is 8.08. The predicted octanol–water partition coefficient (Wildman–Crippen LogP) is 0.948. The van der Waals surface area contributed by atoms with Gasteiger partial charge in [-0.1, -0.05) is 24.3 Å². The van der Waals surface area contributed by atoms with Crippen LogP contribution in [0, 0.1) is 0 Å². The van der Waals surface area contributed by atoms with E-state index < -0.39 is 0 Å². The summed E-state index contributed by atoms with van der Waals surface area (Å²) < 4.78 is 5.35. The van der Waals surface area contributed by atoms with Crippen LogP contribution < -0.4 is 10.6 Å². The van der Waals surface area contributed by atoms with Crippen molar-refractivity contribution >= 4 is 6.03 Å². The molecule has 1 aliphatic rings. The minimum Gasteiger partial charge on any atom is -0.379 e. The molecule has 2 rings (SSSR count). The molecule has 2 amide bonds. The van der Waals surface area contributed by atoms with E-state index in [0.717, 1.165) is 38.4 Å². The van der Waals surface area contributed by atoms with E-state index in [1.165, 1.54) is 5.56 Å². The SMILES string of the molecule is CNC(=O)NCc1ccccc1CN1CCOCC1. The minimum absolute atomic E-state index is 0.152. The van der Waals surface area contributed by atoms with Gasteiger partial charge >= 0.3 is 6.03 Å². The zero-order chi connectivity index (χ0) is 13.5. The molecule has 1 fully saturated rings. The zero-order valence-corrected chi connectivity index (χ0v) is 11.3. The van der Waals surface area contributed by atoms with Gasteiger partial charge in [0.1, 0.15) is 0 Å². The average molecular weight is 263 g/mol. The average Bonchev–Trinajstić information content (AvgIpc) is 2.47. The van der Waals surface area contributed by atoms with Gasteiger partial charge in [0.2, 0.25) is 0 Å². The highest BCUT2D eigenvalue weighted by atomic mass is 16.5. The van der Waals surface area contributed by atoms with Crippen molar-refractivity contribution in [1.29, 1.82) is 0 Å². The Morgan fingerprint density at radius 2 is 1.95 bits per heavy atom. The molecule has 0 bridgehead atoms. The lowest BCUT2D eigenvalue weighted by Gasteiger charge is -2.27. The third-order valence-corrected chi connectivity index (χ3v) is 3.28. The van der Waals surface area contributed by atoms with Gasteiger partial charge in [-0.05, 0) is 11.1 Å². The van der Waals surface area contributed by atoms with E-state index >= 15 is 0 Å². The first kappa shape index (κ1) is 13.8. The Hall–Kier alpha value is -1.59. The highest BCUT2D eigenvalue weighted by Gasteiger charge is 2.12. The van der Waals surface area contributed by atoms with E-state index in [-0.39, 0.29) is 6.03 Å². The first-order valence-corrected chi connectivity index (χ1v) is 6.62. The molecule has 5 heteroatoms. The number of nitrogens with zero attached hydrogens (tertiary/aromatic N) is 1. The maximum absolute atomic E-state index is 11.2. The summed E-state index contributed by atoms with van der Waals surface area (Å²) in [4.78, 5) is 13.6. The van der Waals surface area contributed by atoms with Gasteiger partial charge in [-0.3, -0.25) is 4.90 Å². The van der Waals surface area contributed by atoms with Crippen LogP contribution in [-0.4, -0.2) is 44.3 Å². The Balaban J connectivity index is 1.96. The van der Waals surface area contributed by atoms with Gasteiger partial charge in [0.15, 0.2) is 0 Å². The van der Waals surface area contributed by atoms with Crippen molar-refractivity contribution < 1.29 is 9.53 Å². The van der Waals surface area contributed by atoms with Gasteiger partial charge in [-0.25, -0.2) is 4.79 Å². The highest BCUT2D eigenvalue weighted by Crippen LogP contribution is 2.12. The molecule has 0 saturated carbocycles. The van der Waals surface area contributed by atoms with Crippen LogP contribution >= 0.6 is 0 Å². The summed E-state index contributed by atoms with van der Waals surface area (Å²) in [5.74, 6) is 0. The maximum atomic E-state index is 11.2. The van der Waals surface area contributed by atoms with Crippen molar-refractivity contribution in [3.05, 3.63) is 35.4 Å².